The quantitative estimate of drug-likeness (QED) is 0.556. The van der Waals surface area contributed by atoms with E-state index in [1.807, 2.05) is 20.8 Å². The molecule has 0 spiro atoms. The third-order valence-corrected chi connectivity index (χ3v) is 1.91. The Morgan fingerprint density at radius 3 is 2.11 bits per heavy atom. The van der Waals surface area contributed by atoms with E-state index in [1.165, 1.54) is 11.8 Å². The molecule has 0 aromatic carbocycles. The number of halogens is 1. The first-order valence-corrected chi connectivity index (χ1v) is 4.08. The zero-order valence-corrected chi connectivity index (χ0v) is 7.47. The van der Waals surface area contributed by atoms with Gasteiger partial charge in [0.15, 0.2) is 0 Å². The Hall–Kier alpha value is 0.310. The highest BCUT2D eigenvalue weighted by atomic mass is 35.5. The zero-order chi connectivity index (χ0) is 7.49. The van der Waals surface area contributed by atoms with Crippen LogP contribution in [0.3, 0.4) is 0 Å². The van der Waals surface area contributed by atoms with Crippen LogP contribution in [0.15, 0.2) is 0 Å². The van der Waals surface area contributed by atoms with Crippen molar-refractivity contribution in [2.24, 2.45) is 0 Å². The van der Waals surface area contributed by atoms with Crippen LogP contribution in [-0.4, -0.2) is 15.7 Å². The maximum Gasteiger partial charge on any atom is 0.204 e. The van der Waals surface area contributed by atoms with E-state index in [-0.39, 0.29) is 15.7 Å². The van der Waals surface area contributed by atoms with Crippen LogP contribution in [0.25, 0.3) is 0 Å². The second-order valence-corrected chi connectivity index (χ2v) is 4.87. The van der Waals surface area contributed by atoms with Gasteiger partial charge in [-0.2, -0.15) is 0 Å². The van der Waals surface area contributed by atoms with Crippen LogP contribution < -0.4 is 0 Å². The molecule has 9 heavy (non-hydrogen) atoms. The summed E-state index contributed by atoms with van der Waals surface area (Å²) in [6.07, 6.45) is 0. The molecule has 54 valence electrons. The zero-order valence-electron chi connectivity index (χ0n) is 5.90. The molecule has 0 aliphatic heterocycles. The van der Waals surface area contributed by atoms with Crippen molar-refractivity contribution in [1.82, 2.24) is 0 Å². The van der Waals surface area contributed by atoms with Gasteiger partial charge in [0.1, 0.15) is 0 Å². The van der Waals surface area contributed by atoms with Crippen molar-refractivity contribution < 1.29 is 4.79 Å². The molecule has 0 N–H and O–H groups in total. The van der Waals surface area contributed by atoms with E-state index in [0.29, 0.717) is 0 Å². The minimum atomic E-state index is 0.00593. The van der Waals surface area contributed by atoms with Gasteiger partial charge in [-0.1, -0.05) is 32.5 Å². The molecule has 0 aromatic rings. The maximum absolute atomic E-state index is 10.7. The minimum absolute atomic E-state index is 0.00593. The summed E-state index contributed by atoms with van der Waals surface area (Å²) in [4.78, 5) is 10.7. The highest BCUT2D eigenvalue weighted by molar-refractivity contribution is 8.14. The SMILES string of the molecule is CC(C)(C)SC(=O)CCl. The van der Waals surface area contributed by atoms with Gasteiger partial charge in [0, 0.05) is 4.75 Å². The minimum Gasteiger partial charge on any atom is -0.286 e. The fraction of sp³-hybridized carbons (Fsp3) is 0.833. The number of carbonyl (C=O) groups excluding carboxylic acids is 1. The third-order valence-electron chi connectivity index (χ3n) is 0.529. The summed E-state index contributed by atoms with van der Waals surface area (Å²) in [5.41, 5.74) is 0. The van der Waals surface area contributed by atoms with Crippen LogP contribution in [0.1, 0.15) is 20.8 Å². The van der Waals surface area contributed by atoms with Gasteiger partial charge in [-0.05, 0) is 0 Å². The topological polar surface area (TPSA) is 17.1 Å². The monoisotopic (exact) mass is 166 g/mol. The summed E-state index contributed by atoms with van der Waals surface area (Å²) in [7, 11) is 0. The molecule has 0 aromatic heterocycles. The maximum atomic E-state index is 10.7. The lowest BCUT2D eigenvalue weighted by atomic mass is 10.3. The highest BCUT2D eigenvalue weighted by Gasteiger charge is 2.15. The smallest absolute Gasteiger partial charge is 0.204 e. The number of hydrogen-bond acceptors (Lipinski definition) is 2. The first kappa shape index (κ1) is 9.31. The van der Waals surface area contributed by atoms with Crippen molar-refractivity contribution >= 4 is 28.5 Å². The van der Waals surface area contributed by atoms with E-state index >= 15 is 0 Å². The van der Waals surface area contributed by atoms with Crippen molar-refractivity contribution in [1.29, 1.82) is 0 Å². The lowest BCUT2D eigenvalue weighted by Crippen LogP contribution is -2.12. The van der Waals surface area contributed by atoms with Crippen molar-refractivity contribution in [3.63, 3.8) is 0 Å². The number of alkyl halides is 1. The Kier molecular flexibility index (Phi) is 3.59. The molecule has 0 saturated heterocycles. The Morgan fingerprint density at radius 2 is 2.00 bits per heavy atom. The predicted molar refractivity (Wildman–Crippen MR) is 43.1 cm³/mol. The molecular formula is C6H11ClOS. The normalized spacial score (nSPS) is 11.6. The van der Waals surface area contributed by atoms with Gasteiger partial charge in [-0.25, -0.2) is 0 Å². The lowest BCUT2D eigenvalue weighted by molar-refractivity contribution is -0.108. The number of carbonyl (C=O) groups is 1. The Labute approximate surface area is 65.2 Å². The summed E-state index contributed by atoms with van der Waals surface area (Å²) < 4.78 is 0.00593. The summed E-state index contributed by atoms with van der Waals surface area (Å²) in [6, 6.07) is 0. The largest absolute Gasteiger partial charge is 0.286 e. The highest BCUT2D eigenvalue weighted by Crippen LogP contribution is 2.23. The fourth-order valence-electron chi connectivity index (χ4n) is 0.369. The second-order valence-electron chi connectivity index (χ2n) is 2.72. The van der Waals surface area contributed by atoms with Crippen molar-refractivity contribution in [3.8, 4) is 0 Å². The fourth-order valence-corrected chi connectivity index (χ4v) is 1.27. The molecule has 0 fully saturated rings. The van der Waals surface area contributed by atoms with Gasteiger partial charge in [0.25, 0.3) is 0 Å². The summed E-state index contributed by atoms with van der Waals surface area (Å²) >= 11 is 6.57. The van der Waals surface area contributed by atoms with E-state index in [0.717, 1.165) is 0 Å². The van der Waals surface area contributed by atoms with Crippen molar-refractivity contribution in [2.75, 3.05) is 5.88 Å². The molecule has 3 heteroatoms. The molecule has 0 bridgehead atoms. The molecule has 0 atom stereocenters. The molecule has 0 aliphatic carbocycles. The van der Waals surface area contributed by atoms with Crippen LogP contribution in [0.2, 0.25) is 0 Å². The van der Waals surface area contributed by atoms with E-state index < -0.39 is 0 Å². The van der Waals surface area contributed by atoms with Crippen LogP contribution in [0, 0.1) is 0 Å². The Balaban J connectivity index is 3.60. The molecule has 0 saturated carbocycles. The summed E-state index contributed by atoms with van der Waals surface area (Å²) in [5.74, 6) is 0.113. The van der Waals surface area contributed by atoms with E-state index in [9.17, 15) is 4.79 Å². The van der Waals surface area contributed by atoms with Gasteiger partial charge in [0.2, 0.25) is 5.12 Å². The predicted octanol–water partition coefficient (Wildman–Crippen LogP) is 2.28. The van der Waals surface area contributed by atoms with Crippen molar-refractivity contribution in [3.05, 3.63) is 0 Å². The number of rotatable bonds is 1. The molecular weight excluding hydrogens is 156 g/mol. The molecule has 0 amide bonds. The van der Waals surface area contributed by atoms with E-state index in [4.69, 9.17) is 11.6 Å². The van der Waals surface area contributed by atoms with Gasteiger partial charge in [-0.3, -0.25) is 4.79 Å². The van der Waals surface area contributed by atoms with Gasteiger partial charge in [-0.15, -0.1) is 11.6 Å². The molecule has 0 heterocycles. The molecule has 1 nitrogen and oxygen atoms in total. The molecule has 0 unspecified atom stereocenters. The average Bonchev–Trinajstić information content (AvgIpc) is 1.62. The lowest BCUT2D eigenvalue weighted by Gasteiger charge is -2.14. The van der Waals surface area contributed by atoms with Crippen LogP contribution >= 0.6 is 23.4 Å². The average molecular weight is 167 g/mol. The van der Waals surface area contributed by atoms with Gasteiger partial charge < -0.3 is 0 Å². The van der Waals surface area contributed by atoms with Gasteiger partial charge in [0.05, 0.1) is 5.88 Å². The van der Waals surface area contributed by atoms with Gasteiger partial charge >= 0.3 is 0 Å². The van der Waals surface area contributed by atoms with Crippen molar-refractivity contribution in [2.45, 2.75) is 25.5 Å². The van der Waals surface area contributed by atoms with E-state index in [1.54, 1.807) is 0 Å². The van der Waals surface area contributed by atoms with Crippen LogP contribution in [-0.2, 0) is 4.79 Å². The van der Waals surface area contributed by atoms with Crippen LogP contribution in [0.4, 0.5) is 0 Å². The van der Waals surface area contributed by atoms with E-state index in [2.05, 4.69) is 0 Å². The Morgan fingerprint density at radius 1 is 1.56 bits per heavy atom. The van der Waals surface area contributed by atoms with Crippen LogP contribution in [0.5, 0.6) is 0 Å². The Bertz CT molecular complexity index is 106. The third kappa shape index (κ3) is 6.19. The first-order chi connectivity index (χ1) is 3.95. The second kappa shape index (κ2) is 3.47. The standard InChI is InChI=1S/C6H11ClOS/c1-6(2,3)9-5(8)4-7/h4H2,1-3H3. The number of thioether (sulfide) groups is 1. The molecule has 0 aliphatic rings. The molecule has 0 rings (SSSR count). The molecule has 0 radical (unpaired) electrons. The summed E-state index contributed by atoms with van der Waals surface area (Å²) in [6.45, 7) is 5.96. The number of hydrogen-bond donors (Lipinski definition) is 0. The first-order valence-electron chi connectivity index (χ1n) is 2.73. The summed E-state index contributed by atoms with van der Waals surface area (Å²) in [5, 5.41) is 0.0455.